The molecule has 0 saturated carbocycles. The summed E-state index contributed by atoms with van der Waals surface area (Å²) < 4.78 is 0. The lowest BCUT2D eigenvalue weighted by Gasteiger charge is -2.00. The lowest BCUT2D eigenvalue weighted by molar-refractivity contribution is 0.103. The van der Waals surface area contributed by atoms with Gasteiger partial charge in [-0.3, -0.25) is 4.79 Å². The average molecular weight is 216 g/mol. The molecule has 0 saturated heterocycles. The average Bonchev–Trinajstić information content (AvgIpc) is 2.29. The van der Waals surface area contributed by atoms with Gasteiger partial charge in [0.05, 0.1) is 0 Å². The zero-order chi connectivity index (χ0) is 10.7. The first-order valence-electron chi connectivity index (χ1n) is 4.54. The van der Waals surface area contributed by atoms with Gasteiger partial charge in [-0.25, -0.2) is 0 Å². The molecule has 73 valence electrons. The fraction of sp³-hybridized carbons (Fsp3) is 0. The molecule has 0 fully saturated rings. The van der Waals surface area contributed by atoms with Crippen molar-refractivity contribution < 1.29 is 4.79 Å². The van der Waals surface area contributed by atoms with Gasteiger partial charge in [0, 0.05) is 22.2 Å². The van der Waals surface area contributed by atoms with E-state index in [1.807, 2.05) is 18.2 Å². The lowest BCUT2D eigenvalue weighted by Crippen LogP contribution is -2.00. The van der Waals surface area contributed by atoms with Crippen LogP contribution in [0.25, 0.3) is 0 Å². The van der Waals surface area contributed by atoms with E-state index in [2.05, 4.69) is 6.07 Å². The van der Waals surface area contributed by atoms with Crippen LogP contribution in [0.4, 0.5) is 0 Å². The predicted molar refractivity (Wildman–Crippen MR) is 60.2 cm³/mol. The van der Waals surface area contributed by atoms with E-state index in [1.165, 1.54) is 0 Å². The van der Waals surface area contributed by atoms with Crippen molar-refractivity contribution in [3.8, 4) is 0 Å². The van der Waals surface area contributed by atoms with E-state index in [4.69, 9.17) is 11.6 Å². The Morgan fingerprint density at radius 1 is 1.07 bits per heavy atom. The molecule has 0 aromatic heterocycles. The molecule has 1 nitrogen and oxygen atoms in total. The number of carbonyl (C=O) groups is 1. The summed E-state index contributed by atoms with van der Waals surface area (Å²) in [6.07, 6.45) is 0. The number of rotatable bonds is 2. The monoisotopic (exact) mass is 215 g/mol. The van der Waals surface area contributed by atoms with Crippen LogP contribution < -0.4 is 0 Å². The number of hydrogen-bond donors (Lipinski definition) is 0. The number of carbonyl (C=O) groups excluding carboxylic acids is 1. The van der Waals surface area contributed by atoms with Crippen molar-refractivity contribution in [2.24, 2.45) is 0 Å². The zero-order valence-electron chi connectivity index (χ0n) is 7.91. The number of benzene rings is 2. The normalized spacial score (nSPS) is 9.93. The first-order valence-corrected chi connectivity index (χ1v) is 4.92. The Labute approximate surface area is 93.3 Å². The molecule has 0 N–H and O–H groups in total. The number of halogens is 1. The SMILES string of the molecule is O=C(c1ccccc1)c1cc[c]c(Cl)c1. The predicted octanol–water partition coefficient (Wildman–Crippen LogP) is 3.37. The van der Waals surface area contributed by atoms with E-state index < -0.39 is 0 Å². The topological polar surface area (TPSA) is 17.1 Å². The standard InChI is InChI=1S/C13H8ClO/c14-12-8-4-7-11(9-12)13(15)10-5-2-1-3-6-10/h1-7,9H. The van der Waals surface area contributed by atoms with Gasteiger partial charge >= 0.3 is 0 Å². The molecule has 2 aromatic rings. The summed E-state index contributed by atoms with van der Waals surface area (Å²) in [7, 11) is 0. The Morgan fingerprint density at radius 3 is 2.47 bits per heavy atom. The van der Waals surface area contributed by atoms with Gasteiger partial charge in [0.15, 0.2) is 5.78 Å². The van der Waals surface area contributed by atoms with Crippen LogP contribution in [0.1, 0.15) is 15.9 Å². The van der Waals surface area contributed by atoms with Crippen LogP contribution in [0, 0.1) is 6.07 Å². The molecule has 2 rings (SSSR count). The molecule has 0 bridgehead atoms. The highest BCUT2D eigenvalue weighted by atomic mass is 35.5. The molecular formula is C13H8ClO. The molecule has 0 spiro atoms. The second-order valence-corrected chi connectivity index (χ2v) is 3.53. The number of hydrogen-bond acceptors (Lipinski definition) is 1. The van der Waals surface area contributed by atoms with Crippen LogP contribution in [-0.4, -0.2) is 5.78 Å². The summed E-state index contributed by atoms with van der Waals surface area (Å²) >= 11 is 5.77. The van der Waals surface area contributed by atoms with Crippen molar-refractivity contribution in [2.75, 3.05) is 0 Å². The second kappa shape index (κ2) is 4.28. The number of ketones is 1. The summed E-state index contributed by atoms with van der Waals surface area (Å²) in [5.41, 5.74) is 1.25. The fourth-order valence-electron chi connectivity index (χ4n) is 1.33. The minimum atomic E-state index is -0.0218. The first-order chi connectivity index (χ1) is 7.27. The van der Waals surface area contributed by atoms with E-state index in [9.17, 15) is 4.79 Å². The van der Waals surface area contributed by atoms with Crippen LogP contribution in [0.5, 0.6) is 0 Å². The van der Waals surface area contributed by atoms with Crippen LogP contribution in [0.2, 0.25) is 5.02 Å². The second-order valence-electron chi connectivity index (χ2n) is 3.12. The summed E-state index contributed by atoms with van der Waals surface area (Å²) in [4.78, 5) is 11.9. The Hall–Kier alpha value is -1.60. The zero-order valence-corrected chi connectivity index (χ0v) is 8.66. The van der Waals surface area contributed by atoms with Crippen molar-refractivity contribution >= 4 is 17.4 Å². The summed E-state index contributed by atoms with van der Waals surface area (Å²) in [5.74, 6) is -0.0218. The van der Waals surface area contributed by atoms with E-state index in [0.29, 0.717) is 16.1 Å². The first kappa shape index (κ1) is 9.94. The lowest BCUT2D eigenvalue weighted by atomic mass is 10.0. The molecule has 1 radical (unpaired) electrons. The molecule has 0 unspecified atom stereocenters. The molecule has 2 heteroatoms. The van der Waals surface area contributed by atoms with Gasteiger partial charge in [-0.2, -0.15) is 0 Å². The fourth-order valence-corrected chi connectivity index (χ4v) is 1.52. The minimum Gasteiger partial charge on any atom is -0.289 e. The third-order valence-electron chi connectivity index (χ3n) is 2.06. The van der Waals surface area contributed by atoms with Crippen LogP contribution in [0.3, 0.4) is 0 Å². The molecule has 0 atom stereocenters. The highest BCUT2D eigenvalue weighted by molar-refractivity contribution is 6.31. The summed E-state index contributed by atoms with van der Waals surface area (Å²) in [6.45, 7) is 0. The third-order valence-corrected chi connectivity index (χ3v) is 2.28. The van der Waals surface area contributed by atoms with Crippen LogP contribution >= 0.6 is 11.6 Å². The molecule has 0 aliphatic carbocycles. The third kappa shape index (κ3) is 2.25. The van der Waals surface area contributed by atoms with Gasteiger partial charge in [-0.1, -0.05) is 54.1 Å². The van der Waals surface area contributed by atoms with Crippen molar-refractivity contribution in [1.29, 1.82) is 0 Å². The maximum absolute atomic E-state index is 11.9. The Bertz CT molecular complexity index is 477. The smallest absolute Gasteiger partial charge is 0.193 e. The highest BCUT2D eigenvalue weighted by Crippen LogP contribution is 2.14. The Balaban J connectivity index is 2.37. The maximum Gasteiger partial charge on any atom is 0.193 e. The summed E-state index contributed by atoms with van der Waals surface area (Å²) in [5, 5.41) is 0.455. The Kier molecular flexibility index (Phi) is 2.84. The maximum atomic E-state index is 11.9. The van der Waals surface area contributed by atoms with E-state index in [0.717, 1.165) is 0 Å². The van der Waals surface area contributed by atoms with Crippen molar-refractivity contribution in [1.82, 2.24) is 0 Å². The van der Waals surface area contributed by atoms with Crippen molar-refractivity contribution in [2.45, 2.75) is 0 Å². The molecule has 0 heterocycles. The molecular weight excluding hydrogens is 208 g/mol. The molecule has 2 aromatic carbocycles. The Morgan fingerprint density at radius 2 is 1.80 bits per heavy atom. The largest absolute Gasteiger partial charge is 0.289 e. The quantitative estimate of drug-likeness (QED) is 0.702. The van der Waals surface area contributed by atoms with Crippen LogP contribution in [0.15, 0.2) is 48.5 Å². The molecule has 0 aliphatic rings. The summed E-state index contributed by atoms with van der Waals surface area (Å²) in [6, 6.07) is 16.9. The van der Waals surface area contributed by atoms with Crippen molar-refractivity contribution in [3.63, 3.8) is 0 Å². The molecule has 0 amide bonds. The van der Waals surface area contributed by atoms with Gasteiger partial charge in [0.2, 0.25) is 0 Å². The van der Waals surface area contributed by atoms with Gasteiger partial charge in [-0.05, 0) is 6.07 Å². The van der Waals surface area contributed by atoms with Gasteiger partial charge in [0.25, 0.3) is 0 Å². The van der Waals surface area contributed by atoms with E-state index >= 15 is 0 Å². The minimum absolute atomic E-state index is 0.0218. The van der Waals surface area contributed by atoms with Gasteiger partial charge in [-0.15, -0.1) is 0 Å². The van der Waals surface area contributed by atoms with Gasteiger partial charge in [0.1, 0.15) is 0 Å². The van der Waals surface area contributed by atoms with Gasteiger partial charge < -0.3 is 0 Å². The molecule has 15 heavy (non-hydrogen) atoms. The highest BCUT2D eigenvalue weighted by Gasteiger charge is 2.07. The van der Waals surface area contributed by atoms with Crippen LogP contribution in [-0.2, 0) is 0 Å². The van der Waals surface area contributed by atoms with E-state index in [1.54, 1.807) is 30.3 Å². The van der Waals surface area contributed by atoms with Crippen molar-refractivity contribution in [3.05, 3.63) is 70.7 Å². The van der Waals surface area contributed by atoms with E-state index in [-0.39, 0.29) is 5.78 Å². The molecule has 0 aliphatic heterocycles.